The molecule has 0 radical (unpaired) electrons. The Labute approximate surface area is 275 Å². The van der Waals surface area contributed by atoms with E-state index in [2.05, 4.69) is 26.2 Å². The minimum Gasteiger partial charge on any atom is -0.491 e. The highest BCUT2D eigenvalue weighted by Gasteiger charge is 2.34. The number of rotatable bonds is 7. The maximum absolute atomic E-state index is 13.6. The molecule has 2 aliphatic rings. The first-order chi connectivity index (χ1) is 22.7. The lowest BCUT2D eigenvalue weighted by Gasteiger charge is -2.30. The largest absolute Gasteiger partial charge is 0.491 e. The summed E-state index contributed by atoms with van der Waals surface area (Å²) in [5.41, 5.74) is 1.91. The van der Waals surface area contributed by atoms with Crippen molar-refractivity contribution >= 4 is 23.6 Å². The number of carbonyl (C=O) groups excluding carboxylic acids is 4. The number of nitrogens with one attached hydrogen (secondary N) is 4. The SMILES string of the molecule is CC1(C)NC(=O)C[C@@H](C(=O)NCc2cccc(CN3CCOCC3)c2)NC(=O)c2ccccc2OC[C@@H](Cc2ccccc2)NC1=O. The number of fused-ring (bicyclic) bond motifs is 1. The number of carbonyl (C=O) groups is 4. The maximum atomic E-state index is 13.6. The van der Waals surface area contributed by atoms with Crippen LogP contribution in [0.2, 0.25) is 0 Å². The highest BCUT2D eigenvalue weighted by Crippen LogP contribution is 2.20. The third-order valence-corrected chi connectivity index (χ3v) is 8.23. The van der Waals surface area contributed by atoms with E-state index in [1.807, 2.05) is 54.6 Å². The second-order valence-corrected chi connectivity index (χ2v) is 12.5. The van der Waals surface area contributed by atoms with Crippen molar-refractivity contribution in [3.05, 3.63) is 101 Å². The number of amides is 4. The molecule has 4 amide bonds. The van der Waals surface area contributed by atoms with Gasteiger partial charge in [0.15, 0.2) is 0 Å². The first kappa shape index (κ1) is 33.6. The van der Waals surface area contributed by atoms with E-state index in [9.17, 15) is 19.2 Å². The summed E-state index contributed by atoms with van der Waals surface area (Å²) in [6, 6.07) is 22.7. The maximum Gasteiger partial charge on any atom is 0.255 e. The third kappa shape index (κ3) is 9.63. The second kappa shape index (κ2) is 15.7. The lowest BCUT2D eigenvalue weighted by atomic mass is 10.0. The normalized spacial score (nSPS) is 20.8. The Bertz CT molecular complexity index is 1560. The molecule has 3 aromatic rings. The predicted molar refractivity (Wildman–Crippen MR) is 176 cm³/mol. The van der Waals surface area contributed by atoms with Crippen molar-refractivity contribution in [3.8, 4) is 5.75 Å². The van der Waals surface area contributed by atoms with Gasteiger partial charge in [-0.25, -0.2) is 0 Å². The first-order valence-corrected chi connectivity index (χ1v) is 16.0. The van der Waals surface area contributed by atoms with Gasteiger partial charge in [0.1, 0.15) is 23.9 Å². The molecule has 0 saturated carbocycles. The van der Waals surface area contributed by atoms with Crippen LogP contribution in [0.5, 0.6) is 5.75 Å². The van der Waals surface area contributed by atoms with Crippen LogP contribution < -0.4 is 26.0 Å². The van der Waals surface area contributed by atoms with Crippen LogP contribution >= 0.6 is 0 Å². The van der Waals surface area contributed by atoms with Gasteiger partial charge in [-0.05, 0) is 49.1 Å². The standard InChI is InChI=1S/C36H43N5O6/c1-36(2)35(45)38-28(20-25-9-4-3-5-10-25)24-47-31-14-7-6-13-29(31)33(43)39-30(21-32(42)40-36)34(44)37-22-26-11-8-12-27(19-26)23-41-15-17-46-18-16-41/h3-14,19,28,30H,15-18,20-24H2,1-2H3,(H,37,44)(H,38,45)(H,39,43)(H,40,42)/t28-,30+/m1/s1. The third-order valence-electron chi connectivity index (χ3n) is 8.23. The van der Waals surface area contributed by atoms with Gasteiger partial charge in [-0.1, -0.05) is 66.7 Å². The average molecular weight is 642 g/mol. The molecule has 5 rings (SSSR count). The van der Waals surface area contributed by atoms with E-state index in [4.69, 9.17) is 9.47 Å². The fourth-order valence-electron chi connectivity index (χ4n) is 5.64. The molecule has 0 aromatic heterocycles. The summed E-state index contributed by atoms with van der Waals surface area (Å²) in [5, 5.41) is 11.4. The van der Waals surface area contributed by atoms with Crippen molar-refractivity contribution in [2.75, 3.05) is 32.9 Å². The lowest BCUT2D eigenvalue weighted by Crippen LogP contribution is -2.59. The molecule has 11 heteroatoms. The quantitative estimate of drug-likeness (QED) is 0.311. The van der Waals surface area contributed by atoms with E-state index in [0.29, 0.717) is 25.4 Å². The Morgan fingerprint density at radius 3 is 2.38 bits per heavy atom. The molecule has 2 heterocycles. The second-order valence-electron chi connectivity index (χ2n) is 12.5. The molecule has 1 fully saturated rings. The molecule has 47 heavy (non-hydrogen) atoms. The highest BCUT2D eigenvalue weighted by molar-refractivity contribution is 6.01. The van der Waals surface area contributed by atoms with Crippen LogP contribution in [0.1, 0.15) is 47.3 Å². The molecule has 0 bridgehead atoms. The number of nitrogens with zero attached hydrogens (tertiary/aromatic N) is 1. The zero-order chi connectivity index (χ0) is 33.2. The molecule has 0 aliphatic carbocycles. The van der Waals surface area contributed by atoms with Crippen LogP contribution in [0, 0.1) is 0 Å². The van der Waals surface area contributed by atoms with Gasteiger partial charge in [0, 0.05) is 26.2 Å². The Kier molecular flexibility index (Phi) is 11.2. The van der Waals surface area contributed by atoms with Crippen LogP contribution in [0.15, 0.2) is 78.9 Å². The minimum atomic E-state index is -1.31. The zero-order valence-corrected chi connectivity index (χ0v) is 26.9. The fourth-order valence-corrected chi connectivity index (χ4v) is 5.64. The van der Waals surface area contributed by atoms with Crippen LogP contribution in [0.3, 0.4) is 0 Å². The highest BCUT2D eigenvalue weighted by atomic mass is 16.5. The van der Waals surface area contributed by atoms with Crippen molar-refractivity contribution in [1.82, 2.24) is 26.2 Å². The molecule has 0 spiro atoms. The van der Waals surface area contributed by atoms with Crippen molar-refractivity contribution in [3.63, 3.8) is 0 Å². The molecule has 248 valence electrons. The van der Waals surface area contributed by atoms with E-state index in [-0.39, 0.29) is 25.1 Å². The van der Waals surface area contributed by atoms with E-state index in [1.165, 1.54) is 0 Å². The summed E-state index contributed by atoms with van der Waals surface area (Å²) in [5.74, 6) is -1.74. The number of para-hydroxylation sites is 1. The van der Waals surface area contributed by atoms with E-state index in [0.717, 1.165) is 36.3 Å². The van der Waals surface area contributed by atoms with Gasteiger partial charge in [0.05, 0.1) is 31.2 Å². The van der Waals surface area contributed by atoms with Crippen molar-refractivity contribution in [1.29, 1.82) is 0 Å². The molecule has 2 atom stereocenters. The molecule has 2 aliphatic heterocycles. The Morgan fingerprint density at radius 1 is 0.894 bits per heavy atom. The Morgan fingerprint density at radius 2 is 1.60 bits per heavy atom. The summed E-state index contributed by atoms with van der Waals surface area (Å²) in [7, 11) is 0. The summed E-state index contributed by atoms with van der Waals surface area (Å²) >= 11 is 0. The van der Waals surface area contributed by atoms with E-state index < -0.39 is 41.3 Å². The van der Waals surface area contributed by atoms with Crippen LogP contribution in [-0.2, 0) is 38.6 Å². The molecule has 1 saturated heterocycles. The van der Waals surface area contributed by atoms with Crippen LogP contribution in [0.25, 0.3) is 0 Å². The number of morpholine rings is 1. The summed E-state index contributed by atoms with van der Waals surface area (Å²) < 4.78 is 11.6. The zero-order valence-electron chi connectivity index (χ0n) is 26.9. The Balaban J connectivity index is 1.32. The molecule has 11 nitrogen and oxygen atoms in total. The van der Waals surface area contributed by atoms with Gasteiger partial charge in [-0.15, -0.1) is 0 Å². The van der Waals surface area contributed by atoms with Crippen molar-refractivity contribution in [2.45, 2.75) is 57.4 Å². The number of hydrogen-bond donors (Lipinski definition) is 4. The summed E-state index contributed by atoms with van der Waals surface area (Å²) in [6.45, 7) is 7.41. The van der Waals surface area contributed by atoms with Gasteiger partial charge in [-0.3, -0.25) is 24.1 Å². The van der Waals surface area contributed by atoms with Crippen molar-refractivity contribution < 1.29 is 28.7 Å². The Hall–Kier alpha value is -4.74. The average Bonchev–Trinajstić information content (AvgIpc) is 3.06. The first-order valence-electron chi connectivity index (χ1n) is 16.0. The predicted octanol–water partition coefficient (Wildman–Crippen LogP) is 2.34. The van der Waals surface area contributed by atoms with Crippen LogP contribution in [0.4, 0.5) is 0 Å². The van der Waals surface area contributed by atoms with Crippen molar-refractivity contribution in [2.24, 2.45) is 0 Å². The molecule has 0 unspecified atom stereocenters. The minimum absolute atomic E-state index is 0.0729. The van der Waals surface area contributed by atoms with Gasteiger partial charge in [0.2, 0.25) is 17.7 Å². The molecular weight excluding hydrogens is 598 g/mol. The topological polar surface area (TPSA) is 138 Å². The van der Waals surface area contributed by atoms with Gasteiger partial charge >= 0.3 is 0 Å². The van der Waals surface area contributed by atoms with Gasteiger partial charge in [0.25, 0.3) is 5.91 Å². The molecular formula is C36H43N5O6. The van der Waals surface area contributed by atoms with E-state index >= 15 is 0 Å². The summed E-state index contributed by atoms with van der Waals surface area (Å²) in [6.07, 6.45) is 0.102. The number of benzene rings is 3. The summed E-state index contributed by atoms with van der Waals surface area (Å²) in [4.78, 5) is 56.1. The lowest BCUT2D eigenvalue weighted by molar-refractivity contribution is -0.134. The number of hydrogen-bond acceptors (Lipinski definition) is 7. The van der Waals surface area contributed by atoms with Crippen LogP contribution in [-0.4, -0.2) is 79.1 Å². The van der Waals surface area contributed by atoms with Gasteiger partial charge < -0.3 is 30.7 Å². The van der Waals surface area contributed by atoms with E-state index in [1.54, 1.807) is 38.1 Å². The monoisotopic (exact) mass is 641 g/mol. The van der Waals surface area contributed by atoms with Gasteiger partial charge in [-0.2, -0.15) is 0 Å². The fraction of sp³-hybridized carbons (Fsp3) is 0.389. The molecule has 3 aromatic carbocycles. The smallest absolute Gasteiger partial charge is 0.255 e. The molecule has 4 N–H and O–H groups in total. The number of ether oxygens (including phenoxy) is 2.